The Labute approximate surface area is 120 Å². The molecular formula is C15H25BrN2. The van der Waals surface area contributed by atoms with Crippen LogP contribution in [0.4, 0.5) is 0 Å². The quantitative estimate of drug-likeness (QED) is 0.826. The van der Waals surface area contributed by atoms with E-state index in [9.17, 15) is 0 Å². The van der Waals surface area contributed by atoms with Gasteiger partial charge in [0.25, 0.3) is 0 Å². The lowest BCUT2D eigenvalue weighted by atomic mass is 9.91. The molecule has 102 valence electrons. The maximum Gasteiger partial charge on any atom is 0.0413 e. The minimum atomic E-state index is 0.650. The summed E-state index contributed by atoms with van der Waals surface area (Å²) >= 11 is 3.42. The Kier molecular flexibility index (Phi) is 6.87. The Morgan fingerprint density at radius 3 is 2.39 bits per heavy atom. The normalized spacial score (nSPS) is 13.3. The van der Waals surface area contributed by atoms with Gasteiger partial charge in [0, 0.05) is 16.4 Å². The summed E-state index contributed by atoms with van der Waals surface area (Å²) in [4.78, 5) is 4.47. The van der Waals surface area contributed by atoms with Crippen molar-refractivity contribution in [1.29, 1.82) is 0 Å². The lowest BCUT2D eigenvalue weighted by Crippen LogP contribution is -2.30. The number of aromatic nitrogens is 1. The molecule has 3 heteroatoms. The van der Waals surface area contributed by atoms with Gasteiger partial charge in [-0.15, -0.1) is 0 Å². The molecular weight excluding hydrogens is 288 g/mol. The summed E-state index contributed by atoms with van der Waals surface area (Å²) in [6, 6.07) is 4.18. The first-order chi connectivity index (χ1) is 8.49. The van der Waals surface area contributed by atoms with Crippen LogP contribution in [0.25, 0.3) is 0 Å². The number of nitrogens with one attached hydrogen (secondary N) is 1. The van der Waals surface area contributed by atoms with E-state index in [0.29, 0.717) is 17.8 Å². The molecule has 1 atom stereocenters. The number of hydrogen-bond acceptors (Lipinski definition) is 2. The van der Waals surface area contributed by atoms with Crippen molar-refractivity contribution in [1.82, 2.24) is 10.3 Å². The molecule has 0 aliphatic carbocycles. The fraction of sp³-hybridized carbons (Fsp3) is 0.667. The standard InChI is InChI=1S/C15H25BrN2/c1-11(2)8-17-9-13(12(3)4)7-15-6-5-14(16)10-18-15/h5-6,10-13,17H,7-9H2,1-4H3. The van der Waals surface area contributed by atoms with Gasteiger partial charge in [-0.1, -0.05) is 27.7 Å². The minimum Gasteiger partial charge on any atom is -0.316 e. The van der Waals surface area contributed by atoms with E-state index < -0.39 is 0 Å². The van der Waals surface area contributed by atoms with Crippen molar-refractivity contribution < 1.29 is 0 Å². The van der Waals surface area contributed by atoms with Crippen LogP contribution in [0.1, 0.15) is 33.4 Å². The van der Waals surface area contributed by atoms with E-state index in [2.05, 4.69) is 66.1 Å². The van der Waals surface area contributed by atoms with Gasteiger partial charge in [-0.2, -0.15) is 0 Å². The molecule has 0 aliphatic heterocycles. The number of rotatable bonds is 7. The van der Waals surface area contributed by atoms with E-state index in [0.717, 1.165) is 24.0 Å². The van der Waals surface area contributed by atoms with Gasteiger partial charge in [0.05, 0.1) is 0 Å². The van der Waals surface area contributed by atoms with Crippen LogP contribution in [0.5, 0.6) is 0 Å². The molecule has 0 saturated carbocycles. The molecule has 0 saturated heterocycles. The van der Waals surface area contributed by atoms with Crippen LogP contribution in [-0.4, -0.2) is 18.1 Å². The van der Waals surface area contributed by atoms with Gasteiger partial charge in [0.15, 0.2) is 0 Å². The SMILES string of the molecule is CC(C)CNCC(Cc1ccc(Br)cn1)C(C)C. The highest BCUT2D eigenvalue weighted by atomic mass is 79.9. The largest absolute Gasteiger partial charge is 0.316 e. The molecule has 0 bridgehead atoms. The van der Waals surface area contributed by atoms with Crippen LogP contribution in [0.2, 0.25) is 0 Å². The van der Waals surface area contributed by atoms with Crippen molar-refractivity contribution >= 4 is 15.9 Å². The number of pyridine rings is 1. The molecule has 18 heavy (non-hydrogen) atoms. The van der Waals surface area contributed by atoms with Gasteiger partial charge >= 0.3 is 0 Å². The summed E-state index contributed by atoms with van der Waals surface area (Å²) in [5.74, 6) is 2.04. The lowest BCUT2D eigenvalue weighted by molar-refractivity contribution is 0.350. The second kappa shape index (κ2) is 7.90. The molecule has 1 aromatic rings. The molecule has 1 aromatic heterocycles. The maximum atomic E-state index is 4.47. The first-order valence-corrected chi connectivity index (χ1v) is 7.59. The third-order valence-corrected chi connectivity index (χ3v) is 3.63. The average molecular weight is 313 g/mol. The third-order valence-electron chi connectivity index (χ3n) is 3.16. The highest BCUT2D eigenvalue weighted by molar-refractivity contribution is 9.10. The summed E-state index contributed by atoms with van der Waals surface area (Å²) in [6.45, 7) is 11.2. The zero-order valence-electron chi connectivity index (χ0n) is 11.9. The predicted octanol–water partition coefficient (Wildman–Crippen LogP) is 3.90. The van der Waals surface area contributed by atoms with Crippen LogP contribution in [0.3, 0.4) is 0 Å². The number of hydrogen-bond donors (Lipinski definition) is 1. The van der Waals surface area contributed by atoms with E-state index in [1.807, 2.05) is 6.20 Å². The summed E-state index contributed by atoms with van der Waals surface area (Å²) in [6.07, 6.45) is 2.93. The second-order valence-corrected chi connectivity index (χ2v) is 6.64. The Hall–Kier alpha value is -0.410. The first kappa shape index (κ1) is 15.6. The van der Waals surface area contributed by atoms with Gasteiger partial charge in [0.2, 0.25) is 0 Å². The van der Waals surface area contributed by atoms with Gasteiger partial charge in [-0.3, -0.25) is 4.98 Å². The van der Waals surface area contributed by atoms with E-state index in [1.165, 1.54) is 5.69 Å². The molecule has 0 aliphatic rings. The van der Waals surface area contributed by atoms with E-state index in [-0.39, 0.29) is 0 Å². The molecule has 0 spiro atoms. The van der Waals surface area contributed by atoms with Crippen LogP contribution in [0, 0.1) is 17.8 Å². The Morgan fingerprint density at radius 2 is 1.89 bits per heavy atom. The summed E-state index contributed by atoms with van der Waals surface area (Å²) in [7, 11) is 0. The topological polar surface area (TPSA) is 24.9 Å². The zero-order chi connectivity index (χ0) is 13.5. The van der Waals surface area contributed by atoms with Crippen molar-refractivity contribution in [3.05, 3.63) is 28.5 Å². The van der Waals surface area contributed by atoms with Gasteiger partial charge in [0.1, 0.15) is 0 Å². The molecule has 1 unspecified atom stereocenters. The fourth-order valence-corrected chi connectivity index (χ4v) is 2.13. The summed E-state index contributed by atoms with van der Waals surface area (Å²) < 4.78 is 1.05. The van der Waals surface area contributed by atoms with Crippen molar-refractivity contribution in [2.24, 2.45) is 17.8 Å². The molecule has 0 fully saturated rings. The number of halogens is 1. The lowest BCUT2D eigenvalue weighted by Gasteiger charge is -2.21. The maximum absolute atomic E-state index is 4.47. The molecule has 1 rings (SSSR count). The van der Waals surface area contributed by atoms with Crippen LogP contribution in [0.15, 0.2) is 22.8 Å². The predicted molar refractivity (Wildman–Crippen MR) is 81.7 cm³/mol. The van der Waals surface area contributed by atoms with Crippen molar-refractivity contribution in [2.45, 2.75) is 34.1 Å². The van der Waals surface area contributed by atoms with Gasteiger partial charge in [-0.25, -0.2) is 0 Å². The third kappa shape index (κ3) is 5.96. The average Bonchev–Trinajstić information content (AvgIpc) is 2.30. The monoisotopic (exact) mass is 312 g/mol. The smallest absolute Gasteiger partial charge is 0.0413 e. The Morgan fingerprint density at radius 1 is 1.17 bits per heavy atom. The molecule has 1 heterocycles. The fourth-order valence-electron chi connectivity index (χ4n) is 1.90. The van der Waals surface area contributed by atoms with Crippen molar-refractivity contribution in [3.8, 4) is 0 Å². The highest BCUT2D eigenvalue weighted by Gasteiger charge is 2.14. The minimum absolute atomic E-state index is 0.650. The first-order valence-electron chi connectivity index (χ1n) is 6.80. The van der Waals surface area contributed by atoms with E-state index in [4.69, 9.17) is 0 Å². The summed E-state index contributed by atoms with van der Waals surface area (Å²) in [5.41, 5.74) is 1.18. The van der Waals surface area contributed by atoms with E-state index in [1.54, 1.807) is 0 Å². The zero-order valence-corrected chi connectivity index (χ0v) is 13.5. The van der Waals surface area contributed by atoms with Crippen LogP contribution >= 0.6 is 15.9 Å². The molecule has 0 aromatic carbocycles. The molecule has 2 nitrogen and oxygen atoms in total. The van der Waals surface area contributed by atoms with Crippen molar-refractivity contribution in [2.75, 3.05) is 13.1 Å². The second-order valence-electron chi connectivity index (χ2n) is 5.73. The summed E-state index contributed by atoms with van der Waals surface area (Å²) in [5, 5.41) is 3.56. The van der Waals surface area contributed by atoms with Crippen LogP contribution in [-0.2, 0) is 6.42 Å². The van der Waals surface area contributed by atoms with Crippen molar-refractivity contribution in [3.63, 3.8) is 0 Å². The molecule has 0 amide bonds. The van der Waals surface area contributed by atoms with E-state index >= 15 is 0 Å². The highest BCUT2D eigenvalue weighted by Crippen LogP contribution is 2.17. The Balaban J connectivity index is 2.49. The number of nitrogens with zero attached hydrogens (tertiary/aromatic N) is 1. The molecule has 1 N–H and O–H groups in total. The van der Waals surface area contributed by atoms with Gasteiger partial charge in [-0.05, 0) is 65.3 Å². The van der Waals surface area contributed by atoms with Gasteiger partial charge < -0.3 is 5.32 Å². The Bertz CT molecular complexity index is 333. The molecule has 0 radical (unpaired) electrons. The van der Waals surface area contributed by atoms with Crippen LogP contribution < -0.4 is 5.32 Å².